The Labute approximate surface area is 123 Å². The Balaban J connectivity index is 1.92. The minimum atomic E-state index is -0.724. The van der Waals surface area contributed by atoms with E-state index in [1.165, 1.54) is 6.33 Å². The van der Waals surface area contributed by atoms with Crippen LogP contribution in [0.2, 0.25) is 0 Å². The molecule has 2 unspecified atom stereocenters. The lowest BCUT2D eigenvalue weighted by atomic mass is 9.85. The van der Waals surface area contributed by atoms with Gasteiger partial charge in [-0.25, -0.2) is 4.98 Å². The molecule has 1 fully saturated rings. The first-order valence-corrected chi connectivity index (χ1v) is 8.14. The van der Waals surface area contributed by atoms with E-state index in [0.29, 0.717) is 0 Å². The van der Waals surface area contributed by atoms with E-state index in [2.05, 4.69) is 27.4 Å². The Kier molecular flexibility index (Phi) is 5.42. The summed E-state index contributed by atoms with van der Waals surface area (Å²) >= 11 is 1.60. The van der Waals surface area contributed by atoms with Crippen LogP contribution in [0.25, 0.3) is 0 Å². The molecule has 2 atom stereocenters. The van der Waals surface area contributed by atoms with Crippen LogP contribution in [0.3, 0.4) is 0 Å². The van der Waals surface area contributed by atoms with E-state index < -0.39 is 11.5 Å². The monoisotopic (exact) mass is 298 g/mol. The van der Waals surface area contributed by atoms with E-state index >= 15 is 0 Å². The SMILES string of the molecule is CCCNC1(C(=O)O)CCCC1CCSc1ncn[nH]1. The van der Waals surface area contributed by atoms with Crippen LogP contribution >= 0.6 is 11.8 Å². The number of carboxylic acid groups (broad SMARTS) is 1. The summed E-state index contributed by atoms with van der Waals surface area (Å²) in [6.45, 7) is 2.82. The molecule has 0 aliphatic heterocycles. The van der Waals surface area contributed by atoms with Gasteiger partial charge in [-0.15, -0.1) is 0 Å². The number of nitrogens with one attached hydrogen (secondary N) is 2. The summed E-state index contributed by atoms with van der Waals surface area (Å²) in [7, 11) is 0. The largest absolute Gasteiger partial charge is 0.480 e. The molecule has 1 aromatic rings. The highest BCUT2D eigenvalue weighted by molar-refractivity contribution is 7.99. The molecule has 1 aromatic heterocycles. The fourth-order valence-electron chi connectivity index (χ4n) is 2.97. The lowest BCUT2D eigenvalue weighted by Crippen LogP contribution is -2.55. The molecule has 3 N–H and O–H groups in total. The van der Waals surface area contributed by atoms with Gasteiger partial charge >= 0.3 is 5.97 Å². The molecule has 1 saturated carbocycles. The number of carbonyl (C=O) groups is 1. The molecule has 1 heterocycles. The number of rotatable bonds is 8. The third-order valence-corrected chi connectivity index (χ3v) is 4.90. The van der Waals surface area contributed by atoms with E-state index in [1.54, 1.807) is 11.8 Å². The van der Waals surface area contributed by atoms with Crippen LogP contribution in [0, 0.1) is 5.92 Å². The van der Waals surface area contributed by atoms with Crippen molar-refractivity contribution >= 4 is 17.7 Å². The first kappa shape index (κ1) is 15.3. The Hall–Kier alpha value is -1.08. The number of thioether (sulfide) groups is 1. The van der Waals surface area contributed by atoms with Gasteiger partial charge in [-0.2, -0.15) is 5.10 Å². The molecule has 0 spiro atoms. The fourth-order valence-corrected chi connectivity index (χ4v) is 3.80. The van der Waals surface area contributed by atoms with Gasteiger partial charge in [0, 0.05) is 5.75 Å². The average Bonchev–Trinajstić information content (AvgIpc) is 3.06. The predicted molar refractivity (Wildman–Crippen MR) is 77.7 cm³/mol. The number of hydrogen-bond acceptors (Lipinski definition) is 5. The molecule has 0 radical (unpaired) electrons. The first-order valence-electron chi connectivity index (χ1n) is 7.15. The molecule has 1 aliphatic carbocycles. The topological polar surface area (TPSA) is 90.9 Å². The minimum absolute atomic E-state index is 0.196. The maximum atomic E-state index is 11.7. The van der Waals surface area contributed by atoms with Gasteiger partial charge in [-0.1, -0.05) is 25.1 Å². The highest BCUT2D eigenvalue weighted by Gasteiger charge is 2.48. The number of aromatic nitrogens is 3. The molecule has 7 heteroatoms. The van der Waals surface area contributed by atoms with Crippen LogP contribution in [0.5, 0.6) is 0 Å². The summed E-state index contributed by atoms with van der Waals surface area (Å²) in [5.41, 5.74) is -0.724. The van der Waals surface area contributed by atoms with Gasteiger partial charge in [-0.3, -0.25) is 9.89 Å². The fraction of sp³-hybridized carbons (Fsp3) is 0.769. The van der Waals surface area contributed by atoms with Crippen LogP contribution in [-0.2, 0) is 4.79 Å². The maximum absolute atomic E-state index is 11.7. The second kappa shape index (κ2) is 7.08. The van der Waals surface area contributed by atoms with E-state index in [0.717, 1.165) is 49.6 Å². The van der Waals surface area contributed by atoms with Crippen LogP contribution in [-0.4, -0.2) is 44.1 Å². The van der Waals surface area contributed by atoms with Gasteiger partial charge in [0.25, 0.3) is 0 Å². The third-order valence-electron chi connectivity index (χ3n) is 3.99. The number of aromatic amines is 1. The summed E-state index contributed by atoms with van der Waals surface area (Å²) in [5, 5.41) is 20.4. The normalized spacial score (nSPS) is 25.9. The Morgan fingerprint density at radius 1 is 1.70 bits per heavy atom. The number of H-pyrrole nitrogens is 1. The molecule has 0 saturated heterocycles. The highest BCUT2D eigenvalue weighted by Crippen LogP contribution is 2.39. The van der Waals surface area contributed by atoms with Gasteiger partial charge in [0.1, 0.15) is 11.9 Å². The standard InChI is InChI=1S/C13H22N4O2S/c1-2-7-15-13(11(18)19)6-3-4-10(13)5-8-20-12-14-9-16-17-12/h9-10,15H,2-8H2,1H3,(H,18,19)(H,14,16,17). The van der Waals surface area contributed by atoms with Crippen molar-refractivity contribution in [1.29, 1.82) is 0 Å². The van der Waals surface area contributed by atoms with E-state index in [1.807, 2.05) is 0 Å². The smallest absolute Gasteiger partial charge is 0.324 e. The number of hydrogen-bond donors (Lipinski definition) is 3. The van der Waals surface area contributed by atoms with Crippen molar-refractivity contribution in [2.45, 2.75) is 49.7 Å². The Morgan fingerprint density at radius 3 is 3.20 bits per heavy atom. The second-order valence-electron chi connectivity index (χ2n) is 5.22. The van der Waals surface area contributed by atoms with Gasteiger partial charge in [0.2, 0.25) is 0 Å². The summed E-state index contributed by atoms with van der Waals surface area (Å²) in [6, 6.07) is 0. The number of nitrogens with zero attached hydrogens (tertiary/aromatic N) is 2. The predicted octanol–water partition coefficient (Wildman–Crippen LogP) is 1.91. The molecule has 0 bridgehead atoms. The van der Waals surface area contributed by atoms with Crippen LogP contribution in [0.4, 0.5) is 0 Å². The maximum Gasteiger partial charge on any atom is 0.324 e. The van der Waals surface area contributed by atoms with Crippen LogP contribution in [0.15, 0.2) is 11.5 Å². The van der Waals surface area contributed by atoms with Gasteiger partial charge in [0.15, 0.2) is 5.16 Å². The van der Waals surface area contributed by atoms with Crippen molar-refractivity contribution in [2.24, 2.45) is 5.92 Å². The molecule has 2 rings (SSSR count). The molecular formula is C13H22N4O2S. The van der Waals surface area contributed by atoms with E-state index in [-0.39, 0.29) is 5.92 Å². The van der Waals surface area contributed by atoms with Crippen molar-refractivity contribution in [3.63, 3.8) is 0 Å². The average molecular weight is 298 g/mol. The summed E-state index contributed by atoms with van der Waals surface area (Å²) in [4.78, 5) is 15.8. The van der Waals surface area contributed by atoms with Crippen molar-refractivity contribution in [3.05, 3.63) is 6.33 Å². The van der Waals surface area contributed by atoms with Crippen LogP contribution < -0.4 is 5.32 Å². The quantitative estimate of drug-likeness (QED) is 0.635. The number of aliphatic carboxylic acids is 1. The summed E-state index contributed by atoms with van der Waals surface area (Å²) in [5.74, 6) is 0.364. The zero-order valence-electron chi connectivity index (χ0n) is 11.8. The van der Waals surface area contributed by atoms with Crippen molar-refractivity contribution < 1.29 is 9.90 Å². The lowest BCUT2D eigenvalue weighted by molar-refractivity contribution is -0.146. The van der Waals surface area contributed by atoms with Gasteiger partial charge in [-0.05, 0) is 38.1 Å². The zero-order valence-corrected chi connectivity index (χ0v) is 12.6. The van der Waals surface area contributed by atoms with E-state index in [4.69, 9.17) is 0 Å². The molecule has 20 heavy (non-hydrogen) atoms. The van der Waals surface area contributed by atoms with Crippen molar-refractivity contribution in [2.75, 3.05) is 12.3 Å². The van der Waals surface area contributed by atoms with Crippen molar-refractivity contribution in [1.82, 2.24) is 20.5 Å². The molecule has 0 aromatic carbocycles. The summed E-state index contributed by atoms with van der Waals surface area (Å²) < 4.78 is 0. The van der Waals surface area contributed by atoms with Crippen molar-refractivity contribution in [3.8, 4) is 0 Å². The number of carboxylic acids is 1. The molecule has 6 nitrogen and oxygen atoms in total. The minimum Gasteiger partial charge on any atom is -0.480 e. The molecule has 1 aliphatic rings. The van der Waals surface area contributed by atoms with Gasteiger partial charge < -0.3 is 10.4 Å². The van der Waals surface area contributed by atoms with Gasteiger partial charge in [0.05, 0.1) is 0 Å². The molecule has 0 amide bonds. The molecule has 112 valence electrons. The van der Waals surface area contributed by atoms with Crippen LogP contribution in [0.1, 0.15) is 39.0 Å². The molecular weight excluding hydrogens is 276 g/mol. The zero-order chi connectivity index (χ0) is 14.4. The highest BCUT2D eigenvalue weighted by atomic mass is 32.2. The summed E-state index contributed by atoms with van der Waals surface area (Å²) in [6.07, 6.45) is 6.03. The Bertz CT molecular complexity index is 426. The second-order valence-corrected chi connectivity index (χ2v) is 6.30. The lowest BCUT2D eigenvalue weighted by Gasteiger charge is -2.32. The third kappa shape index (κ3) is 3.32. The first-order chi connectivity index (χ1) is 9.69. The van der Waals surface area contributed by atoms with E-state index in [9.17, 15) is 9.90 Å². The Morgan fingerprint density at radius 2 is 2.55 bits per heavy atom.